The maximum atomic E-state index is 12.6. The number of ether oxygens (including phenoxy) is 1. The third kappa shape index (κ3) is 2.58. The monoisotopic (exact) mass is 323 g/mol. The Kier molecular flexibility index (Phi) is 4.12. The summed E-state index contributed by atoms with van der Waals surface area (Å²) in [6.45, 7) is 8.71. The highest BCUT2D eigenvalue weighted by Gasteiger charge is 2.48. The van der Waals surface area contributed by atoms with Gasteiger partial charge in [0.2, 0.25) is 0 Å². The van der Waals surface area contributed by atoms with E-state index in [1.165, 1.54) is 11.1 Å². The summed E-state index contributed by atoms with van der Waals surface area (Å²) in [5.74, 6) is 0. The second-order valence-corrected chi connectivity index (χ2v) is 7.24. The fourth-order valence-corrected chi connectivity index (χ4v) is 4.10. The number of nitrogens with zero attached hydrogens (tertiary/aromatic N) is 1. The van der Waals surface area contributed by atoms with Crippen LogP contribution < -0.4 is 4.90 Å². The Bertz CT molecular complexity index is 739. The fourth-order valence-electron chi connectivity index (χ4n) is 4.10. The maximum Gasteiger partial charge on any atom is 0.414 e. The van der Waals surface area contributed by atoms with E-state index >= 15 is 0 Å². The van der Waals surface area contributed by atoms with E-state index in [-0.39, 0.29) is 17.0 Å². The molecule has 0 aromatic heterocycles. The number of hydrogen-bond acceptors (Lipinski definition) is 2. The number of amides is 1. The lowest BCUT2D eigenvalue weighted by atomic mass is 9.65. The molecule has 0 radical (unpaired) electrons. The Balaban J connectivity index is 2.19. The zero-order valence-electron chi connectivity index (χ0n) is 14.9. The van der Waals surface area contributed by atoms with Crippen molar-refractivity contribution in [1.29, 1.82) is 0 Å². The van der Waals surface area contributed by atoms with Crippen LogP contribution in [-0.2, 0) is 10.2 Å². The number of anilines is 1. The highest BCUT2D eigenvalue weighted by Crippen LogP contribution is 2.50. The molecular formula is C21H25NO2. The van der Waals surface area contributed by atoms with Crippen LogP contribution in [0.15, 0.2) is 54.6 Å². The van der Waals surface area contributed by atoms with Gasteiger partial charge in [0.1, 0.15) is 0 Å². The van der Waals surface area contributed by atoms with Gasteiger partial charge in [-0.3, -0.25) is 4.90 Å². The first kappa shape index (κ1) is 16.6. The van der Waals surface area contributed by atoms with Crippen LogP contribution in [0.1, 0.15) is 45.2 Å². The zero-order chi connectivity index (χ0) is 17.4. The molecular weight excluding hydrogens is 298 g/mol. The maximum absolute atomic E-state index is 12.6. The van der Waals surface area contributed by atoms with Gasteiger partial charge < -0.3 is 4.74 Å². The molecule has 3 rings (SSSR count). The van der Waals surface area contributed by atoms with Crippen LogP contribution >= 0.6 is 0 Å². The van der Waals surface area contributed by atoms with Crippen molar-refractivity contribution in [3.63, 3.8) is 0 Å². The van der Waals surface area contributed by atoms with E-state index in [2.05, 4.69) is 51.1 Å². The van der Waals surface area contributed by atoms with E-state index < -0.39 is 0 Å². The number of carbonyl (C=O) groups is 1. The summed E-state index contributed by atoms with van der Waals surface area (Å²) in [7, 11) is 0. The van der Waals surface area contributed by atoms with Crippen LogP contribution in [0.3, 0.4) is 0 Å². The average Bonchev–Trinajstić information content (AvgIpc) is 2.55. The van der Waals surface area contributed by atoms with Crippen molar-refractivity contribution >= 4 is 11.8 Å². The molecule has 2 aromatic rings. The Hall–Kier alpha value is -2.29. The van der Waals surface area contributed by atoms with Crippen molar-refractivity contribution in [2.45, 2.75) is 45.1 Å². The van der Waals surface area contributed by atoms with Crippen molar-refractivity contribution in [3.8, 4) is 0 Å². The Labute approximate surface area is 144 Å². The van der Waals surface area contributed by atoms with Crippen molar-refractivity contribution < 1.29 is 9.53 Å². The summed E-state index contributed by atoms with van der Waals surface area (Å²) < 4.78 is 5.33. The van der Waals surface area contributed by atoms with E-state index in [9.17, 15) is 4.79 Å². The van der Waals surface area contributed by atoms with Crippen molar-refractivity contribution in [1.82, 2.24) is 0 Å². The van der Waals surface area contributed by atoms with Gasteiger partial charge in [0.25, 0.3) is 0 Å². The van der Waals surface area contributed by atoms with E-state index in [1.807, 2.05) is 36.1 Å². The van der Waals surface area contributed by atoms with Gasteiger partial charge in [0, 0.05) is 11.0 Å². The molecule has 0 unspecified atom stereocenters. The average molecular weight is 323 g/mol. The molecule has 0 N–H and O–H groups in total. The summed E-state index contributed by atoms with van der Waals surface area (Å²) >= 11 is 0. The topological polar surface area (TPSA) is 29.5 Å². The number of hydrogen-bond donors (Lipinski definition) is 0. The number of para-hydroxylation sites is 1. The molecule has 1 amide bonds. The Morgan fingerprint density at radius 3 is 2.33 bits per heavy atom. The molecule has 1 aliphatic heterocycles. The third-order valence-corrected chi connectivity index (χ3v) is 4.99. The largest absolute Gasteiger partial charge is 0.449 e. The van der Waals surface area contributed by atoms with Crippen molar-refractivity contribution in [2.24, 2.45) is 0 Å². The van der Waals surface area contributed by atoms with Crippen molar-refractivity contribution in [2.75, 3.05) is 11.5 Å². The second-order valence-electron chi connectivity index (χ2n) is 7.24. The molecule has 1 aliphatic rings. The lowest BCUT2D eigenvalue weighted by molar-refractivity contribution is 0.148. The molecule has 3 nitrogen and oxygen atoms in total. The standard InChI is InChI=1S/C21H25NO2/c1-5-24-19(23)22-18-14-10-9-13-17(18)21(4,15-20(22,2)3)16-11-7-6-8-12-16/h6-14H,5,15H2,1-4H3/t21-/m0/s1. The van der Waals surface area contributed by atoms with Gasteiger partial charge in [-0.1, -0.05) is 55.5 Å². The van der Waals surface area contributed by atoms with Crippen molar-refractivity contribution in [3.05, 3.63) is 65.7 Å². The Morgan fingerprint density at radius 1 is 1.04 bits per heavy atom. The van der Waals surface area contributed by atoms with Crippen LogP contribution in [0.2, 0.25) is 0 Å². The molecule has 0 saturated carbocycles. The SMILES string of the molecule is CCOC(=O)N1c2ccccc2[C@](C)(c2ccccc2)CC1(C)C. The lowest BCUT2D eigenvalue weighted by Crippen LogP contribution is -2.56. The minimum atomic E-state index is -0.342. The van der Waals surface area contributed by atoms with Gasteiger partial charge in [-0.2, -0.15) is 0 Å². The molecule has 3 heteroatoms. The summed E-state index contributed by atoms with van der Waals surface area (Å²) in [4.78, 5) is 14.4. The first-order valence-corrected chi connectivity index (χ1v) is 8.52. The summed E-state index contributed by atoms with van der Waals surface area (Å²) in [5, 5.41) is 0. The quantitative estimate of drug-likeness (QED) is 0.766. The van der Waals surface area contributed by atoms with E-state index in [4.69, 9.17) is 4.74 Å². The smallest absolute Gasteiger partial charge is 0.414 e. The molecule has 1 heterocycles. The van der Waals surface area contributed by atoms with Gasteiger partial charge in [0.15, 0.2) is 0 Å². The summed E-state index contributed by atoms with van der Waals surface area (Å²) in [6.07, 6.45) is 0.560. The number of benzene rings is 2. The summed E-state index contributed by atoms with van der Waals surface area (Å²) in [5.41, 5.74) is 2.89. The number of carbonyl (C=O) groups excluding carboxylic acids is 1. The molecule has 0 bridgehead atoms. The van der Waals surface area contributed by atoms with Crippen LogP contribution in [0, 0.1) is 0 Å². The van der Waals surface area contributed by atoms with Gasteiger partial charge >= 0.3 is 6.09 Å². The first-order valence-electron chi connectivity index (χ1n) is 8.52. The van der Waals surface area contributed by atoms with Crippen LogP contribution in [0.4, 0.5) is 10.5 Å². The van der Waals surface area contributed by atoms with E-state index in [0.29, 0.717) is 6.61 Å². The normalized spacial score (nSPS) is 21.9. The van der Waals surface area contributed by atoms with Crippen LogP contribution in [0.25, 0.3) is 0 Å². The van der Waals surface area contributed by atoms with E-state index in [1.54, 1.807) is 0 Å². The zero-order valence-corrected chi connectivity index (χ0v) is 14.9. The molecule has 1 atom stereocenters. The molecule has 2 aromatic carbocycles. The predicted molar refractivity (Wildman–Crippen MR) is 97.5 cm³/mol. The molecule has 0 spiro atoms. The third-order valence-electron chi connectivity index (χ3n) is 4.99. The highest BCUT2D eigenvalue weighted by atomic mass is 16.6. The summed E-state index contributed by atoms with van der Waals surface area (Å²) in [6, 6.07) is 18.7. The Morgan fingerprint density at radius 2 is 1.67 bits per heavy atom. The molecule has 24 heavy (non-hydrogen) atoms. The molecule has 126 valence electrons. The van der Waals surface area contributed by atoms with Gasteiger partial charge in [0.05, 0.1) is 12.3 Å². The molecule has 0 saturated heterocycles. The molecule has 0 aliphatic carbocycles. The minimum Gasteiger partial charge on any atom is -0.449 e. The van der Waals surface area contributed by atoms with E-state index in [0.717, 1.165) is 12.1 Å². The van der Waals surface area contributed by atoms with Gasteiger partial charge in [-0.25, -0.2) is 4.79 Å². The number of rotatable bonds is 2. The van der Waals surface area contributed by atoms with Crippen LogP contribution in [0.5, 0.6) is 0 Å². The minimum absolute atomic E-state index is 0.148. The predicted octanol–water partition coefficient (Wildman–Crippen LogP) is 5.14. The highest BCUT2D eigenvalue weighted by molar-refractivity contribution is 5.91. The first-order chi connectivity index (χ1) is 11.4. The van der Waals surface area contributed by atoms with Gasteiger partial charge in [-0.05, 0) is 44.4 Å². The van der Waals surface area contributed by atoms with Crippen LogP contribution in [-0.4, -0.2) is 18.2 Å². The fraction of sp³-hybridized carbons (Fsp3) is 0.381. The number of fused-ring (bicyclic) bond motifs is 1. The lowest BCUT2D eigenvalue weighted by Gasteiger charge is -2.50. The molecule has 0 fully saturated rings. The van der Waals surface area contributed by atoms with Gasteiger partial charge in [-0.15, -0.1) is 0 Å². The second kappa shape index (κ2) is 5.97.